The lowest BCUT2D eigenvalue weighted by Crippen LogP contribution is -2.73. The summed E-state index contributed by atoms with van der Waals surface area (Å²) in [6.45, 7) is 0.997. The molecule has 0 radical (unpaired) electrons. The van der Waals surface area contributed by atoms with Gasteiger partial charge >= 0.3 is 0 Å². The Balaban J connectivity index is 1.86. The molecular formula is C18H21NO3. The minimum atomic E-state index is -0.840. The van der Waals surface area contributed by atoms with Crippen molar-refractivity contribution in [1.29, 1.82) is 0 Å². The zero-order chi connectivity index (χ0) is 15.1. The Morgan fingerprint density at radius 2 is 2.27 bits per heavy atom. The second-order valence-corrected chi connectivity index (χ2v) is 7.12. The van der Waals surface area contributed by atoms with E-state index in [9.17, 15) is 5.11 Å². The fourth-order valence-electron chi connectivity index (χ4n) is 5.43. The van der Waals surface area contributed by atoms with Crippen molar-refractivity contribution in [1.82, 2.24) is 4.90 Å². The van der Waals surface area contributed by atoms with Crippen LogP contribution in [-0.4, -0.2) is 48.5 Å². The van der Waals surface area contributed by atoms with Crippen molar-refractivity contribution in [3.8, 4) is 11.5 Å². The molecule has 1 saturated heterocycles. The second kappa shape index (κ2) is 3.87. The largest absolute Gasteiger partial charge is 0.493 e. The van der Waals surface area contributed by atoms with Gasteiger partial charge in [-0.15, -0.1) is 0 Å². The van der Waals surface area contributed by atoms with Gasteiger partial charge in [0, 0.05) is 18.0 Å². The number of methoxy groups -OCH3 is 1. The molecule has 1 fully saturated rings. The summed E-state index contributed by atoms with van der Waals surface area (Å²) in [5.41, 5.74) is 1.38. The van der Waals surface area contributed by atoms with Gasteiger partial charge in [0.2, 0.25) is 0 Å². The first-order chi connectivity index (χ1) is 10.6. The van der Waals surface area contributed by atoms with Crippen LogP contribution in [0.3, 0.4) is 0 Å². The molecule has 2 aliphatic heterocycles. The van der Waals surface area contributed by atoms with Gasteiger partial charge in [-0.25, -0.2) is 0 Å². The van der Waals surface area contributed by atoms with Crippen molar-refractivity contribution in [3.05, 3.63) is 35.4 Å². The summed E-state index contributed by atoms with van der Waals surface area (Å²) < 4.78 is 11.9. The van der Waals surface area contributed by atoms with Crippen LogP contribution in [-0.2, 0) is 11.8 Å². The highest BCUT2D eigenvalue weighted by Gasteiger charge is 2.69. The molecule has 2 heterocycles. The van der Waals surface area contributed by atoms with Crippen LogP contribution in [0.1, 0.15) is 24.0 Å². The summed E-state index contributed by atoms with van der Waals surface area (Å²) in [4.78, 5) is 2.31. The van der Waals surface area contributed by atoms with E-state index >= 15 is 0 Å². The average Bonchev–Trinajstić information content (AvgIpc) is 2.85. The quantitative estimate of drug-likeness (QED) is 0.801. The standard InChI is InChI=1S/C18H21NO3/c1-19-9-8-17-14-4-3-7-18(17,20)13(19)10-11-5-6-12(21-2)16(22-14)15(11)17/h3,5-7,13-14,20H,4,8-10H2,1-2H3/t13?,14-,17?,18+/m0/s1. The smallest absolute Gasteiger partial charge is 0.165 e. The Hall–Kier alpha value is -1.52. The van der Waals surface area contributed by atoms with E-state index in [1.54, 1.807) is 7.11 Å². The first-order valence-electron chi connectivity index (χ1n) is 8.09. The summed E-state index contributed by atoms with van der Waals surface area (Å²) in [6.07, 6.45) is 6.81. The Labute approximate surface area is 130 Å². The highest BCUT2D eigenvalue weighted by molar-refractivity contribution is 5.63. The highest BCUT2D eigenvalue weighted by Crippen LogP contribution is 2.63. The average molecular weight is 299 g/mol. The van der Waals surface area contributed by atoms with Crippen LogP contribution in [0.15, 0.2) is 24.3 Å². The van der Waals surface area contributed by atoms with Gasteiger partial charge in [-0.1, -0.05) is 18.2 Å². The number of nitrogens with zero attached hydrogens (tertiary/aromatic N) is 1. The predicted octanol–water partition coefficient (Wildman–Crippen LogP) is 1.65. The highest BCUT2D eigenvalue weighted by atomic mass is 16.5. The van der Waals surface area contributed by atoms with Crippen molar-refractivity contribution in [3.63, 3.8) is 0 Å². The van der Waals surface area contributed by atoms with Gasteiger partial charge in [0.1, 0.15) is 11.7 Å². The number of benzene rings is 1. The third-order valence-electron chi connectivity index (χ3n) is 6.43. The van der Waals surface area contributed by atoms with Crippen molar-refractivity contribution >= 4 is 0 Å². The number of aliphatic hydroxyl groups is 1. The van der Waals surface area contributed by atoms with Crippen LogP contribution in [0.2, 0.25) is 0 Å². The van der Waals surface area contributed by atoms with Crippen molar-refractivity contribution in [2.75, 3.05) is 20.7 Å². The van der Waals surface area contributed by atoms with Gasteiger partial charge in [-0.05, 0) is 38.1 Å². The molecule has 4 atom stereocenters. The van der Waals surface area contributed by atoms with E-state index in [-0.39, 0.29) is 17.6 Å². The molecule has 2 bridgehead atoms. The molecule has 116 valence electrons. The van der Waals surface area contributed by atoms with E-state index in [0.29, 0.717) is 0 Å². The van der Waals surface area contributed by atoms with Crippen LogP contribution in [0.5, 0.6) is 11.5 Å². The van der Waals surface area contributed by atoms with Gasteiger partial charge in [-0.3, -0.25) is 4.90 Å². The molecule has 5 rings (SSSR count). The van der Waals surface area contributed by atoms with Gasteiger partial charge in [0.05, 0.1) is 12.5 Å². The maximum atomic E-state index is 11.7. The monoisotopic (exact) mass is 299 g/mol. The predicted molar refractivity (Wildman–Crippen MR) is 82.5 cm³/mol. The topological polar surface area (TPSA) is 41.9 Å². The Kier molecular flexibility index (Phi) is 2.28. The fourth-order valence-corrected chi connectivity index (χ4v) is 5.43. The van der Waals surface area contributed by atoms with E-state index in [4.69, 9.17) is 9.47 Å². The molecule has 2 aliphatic carbocycles. The van der Waals surface area contributed by atoms with Gasteiger partial charge in [0.15, 0.2) is 11.5 Å². The molecule has 0 saturated carbocycles. The SMILES string of the molecule is COc1ccc2c3c1O[C@H]1CC=C[C@@]4(O)C(C2)N(C)CCC314. The first kappa shape index (κ1) is 13.0. The molecule has 22 heavy (non-hydrogen) atoms. The Morgan fingerprint density at radius 3 is 3.09 bits per heavy atom. The third-order valence-corrected chi connectivity index (χ3v) is 6.43. The van der Waals surface area contributed by atoms with Crippen LogP contribution < -0.4 is 9.47 Å². The third kappa shape index (κ3) is 1.17. The van der Waals surface area contributed by atoms with Gasteiger partial charge in [-0.2, -0.15) is 0 Å². The molecule has 2 unspecified atom stereocenters. The fraction of sp³-hybridized carbons (Fsp3) is 0.556. The summed E-state index contributed by atoms with van der Waals surface area (Å²) in [7, 11) is 3.81. The molecule has 4 aliphatic rings. The number of rotatable bonds is 1. The lowest BCUT2D eigenvalue weighted by atomic mass is 9.51. The van der Waals surface area contributed by atoms with E-state index in [0.717, 1.165) is 37.3 Å². The zero-order valence-electron chi connectivity index (χ0n) is 13.0. The maximum absolute atomic E-state index is 11.7. The molecular weight excluding hydrogens is 278 g/mol. The summed E-state index contributed by atoms with van der Waals surface area (Å²) in [6, 6.07) is 4.29. The number of piperidine rings is 1. The number of likely N-dealkylation sites (N-methyl/N-ethyl adjacent to an activating group) is 1. The van der Waals surface area contributed by atoms with Crippen molar-refractivity contribution < 1.29 is 14.6 Å². The van der Waals surface area contributed by atoms with Crippen LogP contribution in [0.4, 0.5) is 0 Å². The van der Waals surface area contributed by atoms with E-state index in [1.165, 1.54) is 11.1 Å². The summed E-state index contributed by atoms with van der Waals surface area (Å²) >= 11 is 0. The normalized spacial score (nSPS) is 41.0. The zero-order valence-corrected chi connectivity index (χ0v) is 13.0. The van der Waals surface area contributed by atoms with E-state index < -0.39 is 5.60 Å². The van der Waals surface area contributed by atoms with Crippen molar-refractivity contribution in [2.45, 2.75) is 42.4 Å². The molecule has 0 amide bonds. The lowest BCUT2D eigenvalue weighted by molar-refractivity contribution is -0.133. The van der Waals surface area contributed by atoms with Crippen molar-refractivity contribution in [2.24, 2.45) is 0 Å². The molecule has 1 aromatic carbocycles. The molecule has 4 heteroatoms. The maximum Gasteiger partial charge on any atom is 0.165 e. The Bertz CT molecular complexity index is 700. The molecule has 1 spiro atoms. The molecule has 4 nitrogen and oxygen atoms in total. The second-order valence-electron chi connectivity index (χ2n) is 7.12. The molecule has 1 aromatic rings. The molecule has 0 aromatic heterocycles. The molecule has 1 N–H and O–H groups in total. The number of ether oxygens (including phenoxy) is 2. The number of hydrogen-bond acceptors (Lipinski definition) is 4. The van der Waals surface area contributed by atoms with Crippen LogP contribution in [0.25, 0.3) is 0 Å². The lowest BCUT2D eigenvalue weighted by Gasteiger charge is -2.60. The minimum Gasteiger partial charge on any atom is -0.493 e. The first-order valence-corrected chi connectivity index (χ1v) is 8.09. The minimum absolute atomic E-state index is 0.0176. The van der Waals surface area contributed by atoms with Crippen LogP contribution in [0, 0.1) is 0 Å². The van der Waals surface area contributed by atoms with E-state index in [1.807, 2.05) is 12.1 Å². The Morgan fingerprint density at radius 1 is 1.41 bits per heavy atom. The summed E-state index contributed by atoms with van der Waals surface area (Å²) in [5, 5.41) is 11.7. The van der Waals surface area contributed by atoms with Gasteiger partial charge in [0.25, 0.3) is 0 Å². The number of likely N-dealkylation sites (tertiary alicyclic amines) is 1. The van der Waals surface area contributed by atoms with E-state index in [2.05, 4.69) is 24.1 Å². The summed E-state index contributed by atoms with van der Waals surface area (Å²) in [5.74, 6) is 1.66. The van der Waals surface area contributed by atoms with Gasteiger partial charge < -0.3 is 14.6 Å². The van der Waals surface area contributed by atoms with Crippen LogP contribution >= 0.6 is 0 Å². The number of hydrogen-bond donors (Lipinski definition) is 1.